The molecule has 5 nitrogen and oxygen atoms in total. The van der Waals surface area contributed by atoms with E-state index in [4.69, 9.17) is 0 Å². The van der Waals surface area contributed by atoms with Crippen LogP contribution < -0.4 is 4.90 Å². The Morgan fingerprint density at radius 3 is 2.11 bits per heavy atom. The summed E-state index contributed by atoms with van der Waals surface area (Å²) in [6.45, 7) is 0.341. The van der Waals surface area contributed by atoms with Crippen molar-refractivity contribution in [1.29, 1.82) is 0 Å². The van der Waals surface area contributed by atoms with E-state index in [1.54, 1.807) is 9.80 Å². The fourth-order valence-corrected chi connectivity index (χ4v) is 3.90. The van der Waals surface area contributed by atoms with E-state index < -0.39 is 35.7 Å². The molecule has 2 aliphatic heterocycles. The molecule has 2 aliphatic rings. The van der Waals surface area contributed by atoms with Gasteiger partial charge in [-0.25, -0.2) is 4.39 Å². The van der Waals surface area contributed by atoms with Gasteiger partial charge >= 0.3 is 6.18 Å². The molecule has 0 amide bonds. The first-order chi connectivity index (χ1) is 12.6. The third kappa shape index (κ3) is 4.53. The summed E-state index contributed by atoms with van der Waals surface area (Å²) in [6, 6.07) is 5.28. The van der Waals surface area contributed by atoms with E-state index >= 15 is 4.39 Å². The van der Waals surface area contributed by atoms with Crippen LogP contribution in [0.25, 0.3) is 0 Å². The maximum absolute atomic E-state index is 15.2. The summed E-state index contributed by atoms with van der Waals surface area (Å²) in [4.78, 5) is 3.10. The van der Waals surface area contributed by atoms with E-state index in [9.17, 15) is 28.5 Å². The monoisotopic (exact) mass is 392 g/mol. The number of aliphatic hydroxyl groups is 3. The van der Waals surface area contributed by atoms with E-state index in [1.807, 2.05) is 0 Å². The van der Waals surface area contributed by atoms with Crippen molar-refractivity contribution in [3.05, 3.63) is 29.8 Å². The van der Waals surface area contributed by atoms with Crippen molar-refractivity contribution in [1.82, 2.24) is 4.90 Å². The molecule has 3 rings (SSSR count). The maximum Gasteiger partial charge on any atom is 0.418 e. The summed E-state index contributed by atoms with van der Waals surface area (Å²) in [6.07, 6.45) is -7.94. The van der Waals surface area contributed by atoms with Gasteiger partial charge in [-0.1, -0.05) is 12.1 Å². The summed E-state index contributed by atoms with van der Waals surface area (Å²) >= 11 is 0. The van der Waals surface area contributed by atoms with Crippen molar-refractivity contribution in [2.24, 2.45) is 0 Å². The molecule has 0 aromatic heterocycles. The van der Waals surface area contributed by atoms with Gasteiger partial charge in [-0.15, -0.1) is 0 Å². The van der Waals surface area contributed by atoms with Gasteiger partial charge in [-0.2, -0.15) is 13.2 Å². The predicted octanol–water partition coefficient (Wildman–Crippen LogP) is 1.41. The minimum Gasteiger partial charge on any atom is -0.389 e. The molecule has 152 valence electrons. The highest BCUT2D eigenvalue weighted by Gasteiger charge is 2.42. The smallest absolute Gasteiger partial charge is 0.389 e. The zero-order chi connectivity index (χ0) is 19.8. The minimum atomic E-state index is -4.47. The van der Waals surface area contributed by atoms with Crippen molar-refractivity contribution >= 4 is 5.69 Å². The lowest BCUT2D eigenvalue weighted by Crippen LogP contribution is -2.58. The zero-order valence-corrected chi connectivity index (χ0v) is 14.7. The number of β-amino-alcohol motifs (C(OH)–C–C–N with tert-alkyl or cyclic N) is 2. The van der Waals surface area contributed by atoms with Crippen LogP contribution in [0.4, 0.5) is 23.2 Å². The zero-order valence-electron chi connectivity index (χ0n) is 14.7. The molecule has 0 saturated carbocycles. The number of hydrogen-bond donors (Lipinski definition) is 3. The summed E-state index contributed by atoms with van der Waals surface area (Å²) in [5.41, 5.74) is -2.29. The van der Waals surface area contributed by atoms with Gasteiger partial charge in [0.1, 0.15) is 11.8 Å². The van der Waals surface area contributed by atoms with Gasteiger partial charge in [0, 0.05) is 51.3 Å². The highest BCUT2D eigenvalue weighted by atomic mass is 19.4. The van der Waals surface area contributed by atoms with Crippen LogP contribution in [0.2, 0.25) is 0 Å². The van der Waals surface area contributed by atoms with Crippen LogP contribution >= 0.6 is 0 Å². The number of hydrogen-bond acceptors (Lipinski definition) is 5. The van der Waals surface area contributed by atoms with Crippen LogP contribution in [0.1, 0.15) is 18.4 Å². The highest BCUT2D eigenvalue weighted by molar-refractivity contribution is 5.55. The minimum absolute atomic E-state index is 0.0391. The lowest BCUT2D eigenvalue weighted by atomic mass is 9.90. The summed E-state index contributed by atoms with van der Waals surface area (Å²) in [5.74, 6) is 0. The Balaban J connectivity index is 1.64. The first-order valence-electron chi connectivity index (χ1n) is 8.96. The Morgan fingerprint density at radius 2 is 1.56 bits per heavy atom. The predicted molar refractivity (Wildman–Crippen MR) is 91.2 cm³/mol. The summed E-state index contributed by atoms with van der Waals surface area (Å²) in [5, 5.41) is 29.0. The van der Waals surface area contributed by atoms with Crippen LogP contribution in [0.3, 0.4) is 0 Å². The number of benzene rings is 1. The molecule has 2 saturated heterocycles. The molecule has 1 aromatic carbocycles. The third-order valence-corrected chi connectivity index (χ3v) is 5.40. The molecular weight excluding hydrogens is 368 g/mol. The number of likely N-dealkylation sites (tertiary alicyclic amines) is 1. The third-order valence-electron chi connectivity index (χ3n) is 5.40. The lowest BCUT2D eigenvalue weighted by Gasteiger charge is -2.43. The van der Waals surface area contributed by atoms with Crippen LogP contribution in [-0.2, 0) is 6.18 Å². The summed E-state index contributed by atoms with van der Waals surface area (Å²) < 4.78 is 54.8. The highest BCUT2D eigenvalue weighted by Crippen LogP contribution is 2.39. The Bertz CT molecular complexity index is 638. The topological polar surface area (TPSA) is 67.2 Å². The molecule has 0 spiro atoms. The Kier molecular flexibility index (Phi) is 5.67. The number of rotatable bonds is 3. The fraction of sp³-hybridized carbons (Fsp3) is 0.667. The molecule has 0 aliphatic carbocycles. The SMILES string of the molecule is OC1CN(CC2(F)CCN(c3ccccc3C(F)(F)F)CC2)CC(O)C1O. The van der Waals surface area contributed by atoms with Gasteiger partial charge in [-0.05, 0) is 12.1 Å². The van der Waals surface area contributed by atoms with Crippen LogP contribution in [-0.4, -0.2) is 76.9 Å². The molecule has 3 N–H and O–H groups in total. The number of nitrogens with zero attached hydrogens (tertiary/aromatic N) is 2. The van der Waals surface area contributed by atoms with Crippen LogP contribution in [0.5, 0.6) is 0 Å². The Hall–Kier alpha value is -1.42. The number of aliphatic hydroxyl groups excluding tert-OH is 3. The number of halogens is 4. The molecule has 2 fully saturated rings. The van der Waals surface area contributed by atoms with Crippen LogP contribution in [0.15, 0.2) is 24.3 Å². The van der Waals surface area contributed by atoms with Gasteiger partial charge < -0.3 is 20.2 Å². The molecular formula is C18H24F4N2O3. The Labute approximate surface area is 154 Å². The van der Waals surface area contributed by atoms with E-state index in [1.165, 1.54) is 18.2 Å². The van der Waals surface area contributed by atoms with Gasteiger partial charge in [0.05, 0.1) is 17.8 Å². The van der Waals surface area contributed by atoms with Crippen molar-refractivity contribution in [3.63, 3.8) is 0 Å². The second kappa shape index (κ2) is 7.54. The normalized spacial score (nSPS) is 29.7. The van der Waals surface area contributed by atoms with Crippen molar-refractivity contribution in [2.45, 2.75) is 43.0 Å². The molecule has 9 heteroatoms. The quantitative estimate of drug-likeness (QED) is 0.679. The number of para-hydroxylation sites is 1. The second-order valence-corrected chi connectivity index (χ2v) is 7.47. The van der Waals surface area contributed by atoms with E-state index in [0.717, 1.165) is 6.07 Å². The molecule has 2 heterocycles. The molecule has 0 radical (unpaired) electrons. The number of piperidine rings is 2. The van der Waals surface area contributed by atoms with Crippen molar-refractivity contribution in [2.75, 3.05) is 37.6 Å². The lowest BCUT2D eigenvalue weighted by molar-refractivity contribution is -0.137. The average molecular weight is 392 g/mol. The first-order valence-corrected chi connectivity index (χ1v) is 8.96. The van der Waals surface area contributed by atoms with E-state index in [-0.39, 0.29) is 51.3 Å². The molecule has 2 atom stereocenters. The van der Waals surface area contributed by atoms with Crippen molar-refractivity contribution in [3.8, 4) is 0 Å². The van der Waals surface area contributed by atoms with Gasteiger partial charge in [0.25, 0.3) is 0 Å². The largest absolute Gasteiger partial charge is 0.418 e. The summed E-state index contributed by atoms with van der Waals surface area (Å²) in [7, 11) is 0. The van der Waals surface area contributed by atoms with Gasteiger partial charge in [0.2, 0.25) is 0 Å². The number of anilines is 1. The first kappa shape index (κ1) is 20.3. The second-order valence-electron chi connectivity index (χ2n) is 7.47. The van der Waals surface area contributed by atoms with Gasteiger partial charge in [0.15, 0.2) is 0 Å². The average Bonchev–Trinajstić information content (AvgIpc) is 2.59. The fourth-order valence-electron chi connectivity index (χ4n) is 3.90. The maximum atomic E-state index is 15.2. The molecule has 1 aromatic rings. The van der Waals surface area contributed by atoms with Crippen LogP contribution in [0, 0.1) is 0 Å². The Morgan fingerprint density at radius 1 is 1.00 bits per heavy atom. The molecule has 2 unspecified atom stereocenters. The number of alkyl halides is 4. The van der Waals surface area contributed by atoms with Crippen molar-refractivity contribution < 1.29 is 32.9 Å². The van der Waals surface area contributed by atoms with E-state index in [0.29, 0.717) is 0 Å². The van der Waals surface area contributed by atoms with Gasteiger partial charge in [-0.3, -0.25) is 4.90 Å². The van der Waals surface area contributed by atoms with E-state index in [2.05, 4.69) is 0 Å². The molecule has 0 bridgehead atoms. The molecule has 27 heavy (non-hydrogen) atoms. The standard InChI is InChI=1S/C18H24F4N2O3/c19-17(11-23-9-14(25)16(27)15(26)10-23)5-7-24(8-6-17)13-4-2-1-3-12(13)18(20,21)22/h1-4,14-16,25-27H,5-11H2.